The van der Waals surface area contributed by atoms with Gasteiger partial charge < -0.3 is 9.84 Å². The fraction of sp³-hybridized carbons (Fsp3) is 0.250. The van der Waals surface area contributed by atoms with Gasteiger partial charge in [-0.05, 0) is 40.6 Å². The Kier molecular flexibility index (Phi) is 5.51. The zero-order valence-electron chi connectivity index (χ0n) is 9.24. The smallest absolute Gasteiger partial charge is 0.328 e. The van der Waals surface area contributed by atoms with Gasteiger partial charge in [0.25, 0.3) is 0 Å². The summed E-state index contributed by atoms with van der Waals surface area (Å²) in [6, 6.07) is 3.38. The summed E-state index contributed by atoms with van der Waals surface area (Å²) in [5, 5.41) is 9.13. The van der Waals surface area contributed by atoms with E-state index in [1.54, 1.807) is 12.1 Å². The molecule has 0 aliphatic rings. The van der Waals surface area contributed by atoms with Crippen LogP contribution < -0.4 is 4.74 Å². The molecule has 92 valence electrons. The molecule has 1 aromatic carbocycles. The van der Waals surface area contributed by atoms with Crippen LogP contribution in [0.1, 0.15) is 18.9 Å². The maximum Gasteiger partial charge on any atom is 0.328 e. The van der Waals surface area contributed by atoms with Gasteiger partial charge in [-0.2, -0.15) is 0 Å². The predicted octanol–water partition coefficient (Wildman–Crippen LogP) is 3.99. The van der Waals surface area contributed by atoms with Crippen molar-refractivity contribution in [2.75, 3.05) is 6.61 Å². The first-order valence-electron chi connectivity index (χ1n) is 5.07. The van der Waals surface area contributed by atoms with E-state index in [4.69, 9.17) is 21.4 Å². The van der Waals surface area contributed by atoms with Crippen LogP contribution in [0.25, 0.3) is 6.08 Å². The number of hydrogen-bond donors (Lipinski definition) is 1. The van der Waals surface area contributed by atoms with E-state index in [1.807, 2.05) is 6.92 Å². The third-order valence-corrected chi connectivity index (χ3v) is 2.70. The summed E-state index contributed by atoms with van der Waals surface area (Å²) in [4.78, 5) is 10.5. The van der Waals surface area contributed by atoms with E-state index in [9.17, 15) is 4.79 Å². The van der Waals surface area contributed by atoms with Gasteiger partial charge in [-0.3, -0.25) is 0 Å². The van der Waals surface area contributed by atoms with Crippen molar-refractivity contribution in [3.05, 3.63) is 33.3 Å². The largest absolute Gasteiger partial charge is 0.492 e. The first-order chi connectivity index (χ1) is 8.04. The average Bonchev–Trinajstić information content (AvgIpc) is 2.24. The van der Waals surface area contributed by atoms with Crippen molar-refractivity contribution in [3.8, 4) is 5.75 Å². The monoisotopic (exact) mass is 318 g/mol. The Labute approximate surface area is 113 Å². The van der Waals surface area contributed by atoms with Crippen LogP contribution in [0.4, 0.5) is 0 Å². The molecule has 0 saturated carbocycles. The summed E-state index contributed by atoms with van der Waals surface area (Å²) in [5.41, 5.74) is 0.639. The van der Waals surface area contributed by atoms with Gasteiger partial charge in [0.05, 0.1) is 11.1 Å². The van der Waals surface area contributed by atoms with Crippen LogP contribution in [0.15, 0.2) is 22.7 Å². The van der Waals surface area contributed by atoms with Crippen molar-refractivity contribution in [1.82, 2.24) is 0 Å². The van der Waals surface area contributed by atoms with E-state index in [-0.39, 0.29) is 0 Å². The standard InChI is InChI=1S/C12H12BrClO3/c1-2-5-17-12-8(3-4-11(15)16)6-9(14)7-10(12)13/h3-4,6-7H,2,5H2,1H3,(H,15,16)/b4-3+. The fourth-order valence-electron chi connectivity index (χ4n) is 1.22. The lowest BCUT2D eigenvalue weighted by Crippen LogP contribution is -1.98. The normalized spacial score (nSPS) is 10.8. The lowest BCUT2D eigenvalue weighted by Gasteiger charge is -2.11. The third kappa shape index (κ3) is 4.40. The van der Waals surface area contributed by atoms with Crippen molar-refractivity contribution >= 4 is 39.6 Å². The number of halogens is 2. The first kappa shape index (κ1) is 14.1. The number of rotatable bonds is 5. The highest BCUT2D eigenvalue weighted by Gasteiger charge is 2.08. The molecule has 17 heavy (non-hydrogen) atoms. The second kappa shape index (κ2) is 6.67. The Balaban J connectivity index is 3.10. The molecule has 0 saturated heterocycles. The first-order valence-corrected chi connectivity index (χ1v) is 6.24. The lowest BCUT2D eigenvalue weighted by atomic mass is 10.2. The summed E-state index contributed by atoms with van der Waals surface area (Å²) >= 11 is 9.25. The molecule has 0 aliphatic carbocycles. The Morgan fingerprint density at radius 1 is 1.59 bits per heavy atom. The van der Waals surface area contributed by atoms with Crippen LogP contribution in [0.5, 0.6) is 5.75 Å². The van der Waals surface area contributed by atoms with Crippen LogP contribution in [0.3, 0.4) is 0 Å². The number of carbonyl (C=O) groups is 1. The van der Waals surface area contributed by atoms with Crippen LogP contribution in [-0.4, -0.2) is 17.7 Å². The Morgan fingerprint density at radius 2 is 2.29 bits per heavy atom. The van der Waals surface area contributed by atoms with E-state index < -0.39 is 5.97 Å². The zero-order valence-corrected chi connectivity index (χ0v) is 11.6. The van der Waals surface area contributed by atoms with Gasteiger partial charge in [0.1, 0.15) is 5.75 Å². The van der Waals surface area contributed by atoms with Crippen molar-refractivity contribution in [2.24, 2.45) is 0 Å². The molecular weight excluding hydrogens is 307 g/mol. The number of aliphatic carboxylic acids is 1. The molecule has 0 radical (unpaired) electrons. The second-order valence-corrected chi connectivity index (χ2v) is 4.62. The number of carboxylic acids is 1. The molecule has 5 heteroatoms. The molecular formula is C12H12BrClO3. The lowest BCUT2D eigenvalue weighted by molar-refractivity contribution is -0.131. The third-order valence-electron chi connectivity index (χ3n) is 1.89. The van der Waals surface area contributed by atoms with Crippen molar-refractivity contribution in [2.45, 2.75) is 13.3 Å². The Morgan fingerprint density at radius 3 is 2.88 bits per heavy atom. The van der Waals surface area contributed by atoms with Gasteiger partial charge in [0.15, 0.2) is 0 Å². The van der Waals surface area contributed by atoms with Crippen LogP contribution in [0, 0.1) is 0 Å². The number of carboxylic acid groups (broad SMARTS) is 1. The maximum atomic E-state index is 10.5. The van der Waals surface area contributed by atoms with Crippen LogP contribution in [-0.2, 0) is 4.79 Å². The van der Waals surface area contributed by atoms with E-state index in [2.05, 4.69) is 15.9 Å². The molecule has 0 aliphatic heterocycles. The molecule has 0 bridgehead atoms. The fourth-order valence-corrected chi connectivity index (χ4v) is 2.17. The Bertz CT molecular complexity index is 444. The summed E-state index contributed by atoms with van der Waals surface area (Å²) < 4.78 is 6.27. The molecule has 0 heterocycles. The molecule has 0 amide bonds. The highest BCUT2D eigenvalue weighted by molar-refractivity contribution is 9.10. The van der Waals surface area contributed by atoms with E-state index >= 15 is 0 Å². The molecule has 3 nitrogen and oxygen atoms in total. The molecule has 0 spiro atoms. The Hall–Kier alpha value is -1.00. The van der Waals surface area contributed by atoms with Crippen LogP contribution >= 0.6 is 27.5 Å². The van der Waals surface area contributed by atoms with E-state index in [0.717, 1.165) is 12.5 Å². The molecule has 1 aromatic rings. The second-order valence-electron chi connectivity index (χ2n) is 3.33. The number of hydrogen-bond acceptors (Lipinski definition) is 2. The molecule has 0 unspecified atom stereocenters. The number of benzene rings is 1. The molecule has 0 aromatic heterocycles. The quantitative estimate of drug-likeness (QED) is 0.835. The maximum absolute atomic E-state index is 10.5. The molecule has 0 fully saturated rings. The van der Waals surface area contributed by atoms with Gasteiger partial charge in [-0.15, -0.1) is 0 Å². The minimum atomic E-state index is -1.01. The summed E-state index contributed by atoms with van der Waals surface area (Å²) in [6.07, 6.45) is 3.39. The minimum absolute atomic E-state index is 0.519. The predicted molar refractivity (Wildman–Crippen MR) is 71.6 cm³/mol. The summed E-state index contributed by atoms with van der Waals surface area (Å²) in [6.45, 7) is 2.56. The van der Waals surface area contributed by atoms with Gasteiger partial charge in [-0.25, -0.2) is 4.79 Å². The van der Waals surface area contributed by atoms with Crippen LogP contribution in [0.2, 0.25) is 5.02 Å². The summed E-state index contributed by atoms with van der Waals surface area (Å²) in [7, 11) is 0. The SMILES string of the molecule is CCCOc1c(Br)cc(Cl)cc1/C=C/C(=O)O. The van der Waals surface area contributed by atoms with Gasteiger partial charge in [0.2, 0.25) is 0 Å². The summed E-state index contributed by atoms with van der Waals surface area (Å²) in [5.74, 6) is -0.406. The molecule has 1 rings (SSSR count). The molecule has 0 atom stereocenters. The highest BCUT2D eigenvalue weighted by Crippen LogP contribution is 2.33. The van der Waals surface area contributed by atoms with Crippen molar-refractivity contribution in [1.29, 1.82) is 0 Å². The average molecular weight is 320 g/mol. The van der Waals surface area contributed by atoms with Gasteiger partial charge >= 0.3 is 5.97 Å². The number of ether oxygens (including phenoxy) is 1. The minimum Gasteiger partial charge on any atom is -0.492 e. The highest BCUT2D eigenvalue weighted by atomic mass is 79.9. The van der Waals surface area contributed by atoms with Crippen molar-refractivity contribution in [3.63, 3.8) is 0 Å². The topological polar surface area (TPSA) is 46.5 Å². The van der Waals surface area contributed by atoms with Gasteiger partial charge in [0, 0.05) is 16.7 Å². The molecule has 1 N–H and O–H groups in total. The zero-order chi connectivity index (χ0) is 12.8. The van der Waals surface area contributed by atoms with E-state index in [1.165, 1.54) is 6.08 Å². The van der Waals surface area contributed by atoms with E-state index in [0.29, 0.717) is 27.4 Å². The van der Waals surface area contributed by atoms with Gasteiger partial charge in [-0.1, -0.05) is 18.5 Å². The van der Waals surface area contributed by atoms with Crippen molar-refractivity contribution < 1.29 is 14.6 Å².